The summed E-state index contributed by atoms with van der Waals surface area (Å²) < 4.78 is 5.46. The Bertz CT molecular complexity index is 389. The fourth-order valence-corrected chi connectivity index (χ4v) is 2.06. The molecule has 0 aliphatic carbocycles. The number of hydrogen-bond acceptors (Lipinski definition) is 4. The van der Waals surface area contributed by atoms with E-state index in [0.717, 1.165) is 32.0 Å². The number of aromatic nitrogens is 1. The van der Waals surface area contributed by atoms with E-state index in [4.69, 9.17) is 4.74 Å². The maximum atomic E-state index is 11.2. The van der Waals surface area contributed by atoms with E-state index in [9.17, 15) is 4.79 Å². The zero-order valence-electron chi connectivity index (χ0n) is 10.3. The Morgan fingerprint density at radius 2 is 2.41 bits per heavy atom. The first-order valence-corrected chi connectivity index (χ1v) is 6.03. The summed E-state index contributed by atoms with van der Waals surface area (Å²) in [5, 5.41) is 0. The molecule has 0 saturated carbocycles. The summed E-state index contributed by atoms with van der Waals surface area (Å²) in [6.45, 7) is 6.07. The van der Waals surface area contributed by atoms with Gasteiger partial charge in [0.05, 0.1) is 19.3 Å². The smallest absolute Gasteiger partial charge is 0.161 e. The van der Waals surface area contributed by atoms with Crippen LogP contribution >= 0.6 is 0 Å². The molecule has 1 unspecified atom stereocenters. The molecule has 2 heterocycles. The van der Waals surface area contributed by atoms with E-state index in [0.29, 0.717) is 11.6 Å². The highest BCUT2D eigenvalue weighted by Gasteiger charge is 2.22. The molecule has 0 amide bonds. The van der Waals surface area contributed by atoms with E-state index >= 15 is 0 Å². The van der Waals surface area contributed by atoms with Crippen molar-refractivity contribution in [3.8, 4) is 0 Å². The molecule has 17 heavy (non-hydrogen) atoms. The standard InChI is InChI=1S/C13H18N2O2/c1-3-12-9-17-7-6-15(12)13-5-4-11(8-14-13)10(2)16/h4-5,8,12H,3,6-7,9H2,1-2H3. The zero-order chi connectivity index (χ0) is 12.3. The monoisotopic (exact) mass is 234 g/mol. The summed E-state index contributed by atoms with van der Waals surface area (Å²) in [5.74, 6) is 0.989. The van der Waals surface area contributed by atoms with Crippen LogP contribution in [0, 0.1) is 0 Å². The fraction of sp³-hybridized carbons (Fsp3) is 0.538. The molecule has 1 aliphatic heterocycles. The van der Waals surface area contributed by atoms with E-state index in [1.807, 2.05) is 12.1 Å². The minimum atomic E-state index is 0.0538. The number of carbonyl (C=O) groups is 1. The van der Waals surface area contributed by atoms with Gasteiger partial charge in [0.15, 0.2) is 5.78 Å². The van der Waals surface area contributed by atoms with Gasteiger partial charge in [-0.05, 0) is 25.5 Å². The second-order valence-corrected chi connectivity index (χ2v) is 4.29. The van der Waals surface area contributed by atoms with Gasteiger partial charge in [0.2, 0.25) is 0 Å². The summed E-state index contributed by atoms with van der Waals surface area (Å²) in [4.78, 5) is 17.8. The van der Waals surface area contributed by atoms with Crippen LogP contribution < -0.4 is 4.90 Å². The van der Waals surface area contributed by atoms with E-state index < -0.39 is 0 Å². The number of pyridine rings is 1. The highest BCUT2D eigenvalue weighted by molar-refractivity contribution is 5.93. The van der Waals surface area contributed by atoms with Crippen molar-refractivity contribution in [2.24, 2.45) is 0 Å². The number of hydrogen-bond donors (Lipinski definition) is 0. The highest BCUT2D eigenvalue weighted by Crippen LogP contribution is 2.19. The SMILES string of the molecule is CCC1COCCN1c1ccc(C(C)=O)cn1. The molecular formula is C13H18N2O2. The third-order valence-electron chi connectivity index (χ3n) is 3.15. The molecule has 92 valence electrons. The van der Waals surface area contributed by atoms with Crippen molar-refractivity contribution in [3.63, 3.8) is 0 Å². The van der Waals surface area contributed by atoms with Gasteiger partial charge >= 0.3 is 0 Å². The van der Waals surface area contributed by atoms with Crippen molar-refractivity contribution < 1.29 is 9.53 Å². The summed E-state index contributed by atoms with van der Waals surface area (Å²) >= 11 is 0. The van der Waals surface area contributed by atoms with Crippen molar-refractivity contribution in [3.05, 3.63) is 23.9 Å². The van der Waals surface area contributed by atoms with Gasteiger partial charge in [-0.25, -0.2) is 4.98 Å². The molecule has 1 fully saturated rings. The lowest BCUT2D eigenvalue weighted by molar-refractivity contribution is 0.0925. The summed E-state index contributed by atoms with van der Waals surface area (Å²) in [7, 11) is 0. The molecule has 1 aromatic heterocycles. The first-order chi connectivity index (χ1) is 8.22. The Hall–Kier alpha value is -1.42. The molecule has 1 aliphatic rings. The fourth-order valence-electron chi connectivity index (χ4n) is 2.06. The van der Waals surface area contributed by atoms with Crippen LogP contribution in [0.5, 0.6) is 0 Å². The van der Waals surface area contributed by atoms with Gasteiger partial charge in [-0.1, -0.05) is 6.92 Å². The van der Waals surface area contributed by atoms with Gasteiger partial charge in [-0.3, -0.25) is 4.79 Å². The molecule has 0 radical (unpaired) electrons. The molecular weight excluding hydrogens is 216 g/mol. The minimum absolute atomic E-state index is 0.0538. The molecule has 0 spiro atoms. The van der Waals surface area contributed by atoms with Crippen molar-refractivity contribution >= 4 is 11.6 Å². The topological polar surface area (TPSA) is 42.4 Å². The number of morpholine rings is 1. The van der Waals surface area contributed by atoms with Crippen LogP contribution in [0.2, 0.25) is 0 Å². The van der Waals surface area contributed by atoms with Gasteiger partial charge in [-0.15, -0.1) is 0 Å². The molecule has 0 aromatic carbocycles. The van der Waals surface area contributed by atoms with Crippen molar-refractivity contribution in [2.45, 2.75) is 26.3 Å². The molecule has 1 saturated heterocycles. The highest BCUT2D eigenvalue weighted by atomic mass is 16.5. The molecule has 2 rings (SSSR count). The van der Waals surface area contributed by atoms with E-state index in [-0.39, 0.29) is 5.78 Å². The average molecular weight is 234 g/mol. The lowest BCUT2D eigenvalue weighted by atomic mass is 10.1. The van der Waals surface area contributed by atoms with Crippen LogP contribution in [-0.4, -0.2) is 36.6 Å². The maximum Gasteiger partial charge on any atom is 0.161 e. The van der Waals surface area contributed by atoms with Gasteiger partial charge in [0.1, 0.15) is 5.82 Å². The first kappa shape index (κ1) is 12.0. The number of Topliss-reactive ketones (excluding diaryl/α,β-unsaturated/α-hetero) is 1. The number of ketones is 1. The zero-order valence-corrected chi connectivity index (χ0v) is 10.3. The number of rotatable bonds is 3. The second-order valence-electron chi connectivity index (χ2n) is 4.29. The van der Waals surface area contributed by atoms with E-state index in [1.165, 1.54) is 0 Å². The second kappa shape index (κ2) is 5.27. The quantitative estimate of drug-likeness (QED) is 0.749. The van der Waals surface area contributed by atoms with Gasteiger partial charge in [0, 0.05) is 18.3 Å². The lowest BCUT2D eigenvalue weighted by Crippen LogP contribution is -2.45. The number of nitrogens with zero attached hydrogens (tertiary/aromatic N) is 2. The number of ether oxygens (including phenoxy) is 1. The van der Waals surface area contributed by atoms with Crippen LogP contribution in [0.1, 0.15) is 30.6 Å². The van der Waals surface area contributed by atoms with Crippen molar-refractivity contribution in [2.75, 3.05) is 24.7 Å². The normalized spacial score (nSPS) is 20.4. The van der Waals surface area contributed by atoms with Crippen LogP contribution in [0.3, 0.4) is 0 Å². The van der Waals surface area contributed by atoms with Crippen LogP contribution in [0.25, 0.3) is 0 Å². The average Bonchev–Trinajstić information content (AvgIpc) is 2.39. The molecule has 0 N–H and O–H groups in total. The summed E-state index contributed by atoms with van der Waals surface area (Å²) in [6, 6.07) is 4.15. The van der Waals surface area contributed by atoms with Crippen molar-refractivity contribution in [1.29, 1.82) is 0 Å². The minimum Gasteiger partial charge on any atom is -0.377 e. The third kappa shape index (κ3) is 2.64. The summed E-state index contributed by atoms with van der Waals surface area (Å²) in [5.41, 5.74) is 0.662. The number of carbonyl (C=O) groups excluding carboxylic acids is 1. The molecule has 1 aromatic rings. The predicted octanol–water partition coefficient (Wildman–Crippen LogP) is 1.90. The predicted molar refractivity (Wildman–Crippen MR) is 66.5 cm³/mol. The largest absolute Gasteiger partial charge is 0.377 e. The summed E-state index contributed by atoms with van der Waals surface area (Å²) in [6.07, 6.45) is 2.69. The Morgan fingerprint density at radius 1 is 1.59 bits per heavy atom. The molecule has 1 atom stereocenters. The van der Waals surface area contributed by atoms with Crippen molar-refractivity contribution in [1.82, 2.24) is 4.98 Å². The Labute approximate surface area is 102 Å². The molecule has 4 heteroatoms. The Kier molecular flexibility index (Phi) is 3.74. The van der Waals surface area contributed by atoms with Gasteiger partial charge in [0.25, 0.3) is 0 Å². The third-order valence-corrected chi connectivity index (χ3v) is 3.15. The van der Waals surface area contributed by atoms with Crippen LogP contribution in [0.15, 0.2) is 18.3 Å². The van der Waals surface area contributed by atoms with Crippen LogP contribution in [-0.2, 0) is 4.74 Å². The number of anilines is 1. The maximum absolute atomic E-state index is 11.2. The van der Waals surface area contributed by atoms with Crippen LogP contribution in [0.4, 0.5) is 5.82 Å². The lowest BCUT2D eigenvalue weighted by Gasteiger charge is -2.36. The Morgan fingerprint density at radius 3 is 3.00 bits per heavy atom. The molecule has 0 bridgehead atoms. The molecule has 4 nitrogen and oxygen atoms in total. The first-order valence-electron chi connectivity index (χ1n) is 6.03. The van der Waals surface area contributed by atoms with Gasteiger partial charge in [-0.2, -0.15) is 0 Å². The van der Waals surface area contributed by atoms with E-state index in [1.54, 1.807) is 13.1 Å². The van der Waals surface area contributed by atoms with E-state index in [2.05, 4.69) is 16.8 Å². The van der Waals surface area contributed by atoms with Gasteiger partial charge < -0.3 is 9.64 Å². The Balaban J connectivity index is 2.17.